The third-order valence-corrected chi connectivity index (χ3v) is 2.49. The molecule has 0 aromatic rings. The molecule has 0 spiro atoms. The van der Waals surface area contributed by atoms with Crippen molar-refractivity contribution in [3.8, 4) is 0 Å². The zero-order valence-electron chi connectivity index (χ0n) is 7.29. The molecule has 1 rings (SSSR count). The average molecular weight is 188 g/mol. The fraction of sp³-hybridized carbons (Fsp3) is 0.889. The lowest BCUT2D eigenvalue weighted by Crippen LogP contribution is -2.11. The van der Waals surface area contributed by atoms with E-state index in [-0.39, 0.29) is 5.97 Å². The van der Waals surface area contributed by atoms with Gasteiger partial charge in [0.2, 0.25) is 0 Å². The second kappa shape index (κ2) is 5.46. The lowest BCUT2D eigenvalue weighted by Gasteiger charge is -2.08. The molecule has 0 aliphatic heterocycles. The van der Waals surface area contributed by atoms with Crippen molar-refractivity contribution < 1.29 is 9.53 Å². The first-order chi connectivity index (χ1) is 5.83. The van der Waals surface area contributed by atoms with E-state index in [2.05, 4.69) is 12.6 Å². The van der Waals surface area contributed by atoms with Gasteiger partial charge in [0, 0.05) is 5.75 Å². The molecule has 2 nitrogen and oxygen atoms in total. The third kappa shape index (κ3) is 3.48. The van der Waals surface area contributed by atoms with Gasteiger partial charge in [0.1, 0.15) is 0 Å². The zero-order valence-corrected chi connectivity index (χ0v) is 8.19. The highest BCUT2D eigenvalue weighted by molar-refractivity contribution is 7.80. The second-order valence-corrected chi connectivity index (χ2v) is 3.75. The van der Waals surface area contributed by atoms with Gasteiger partial charge in [-0.1, -0.05) is 12.8 Å². The highest BCUT2D eigenvalue weighted by atomic mass is 32.1. The van der Waals surface area contributed by atoms with Gasteiger partial charge in [0.05, 0.1) is 13.0 Å². The maximum atomic E-state index is 10.9. The van der Waals surface area contributed by atoms with Crippen LogP contribution in [-0.2, 0) is 9.53 Å². The summed E-state index contributed by atoms with van der Waals surface area (Å²) in [5.74, 6) is 1.12. The molecule has 1 aliphatic rings. The van der Waals surface area contributed by atoms with Crippen molar-refractivity contribution in [2.24, 2.45) is 5.92 Å². The lowest BCUT2D eigenvalue weighted by molar-refractivity contribution is -0.144. The van der Waals surface area contributed by atoms with Crippen LogP contribution in [0.3, 0.4) is 0 Å². The molecule has 0 N–H and O–H groups in total. The van der Waals surface area contributed by atoms with E-state index in [9.17, 15) is 4.79 Å². The van der Waals surface area contributed by atoms with E-state index in [0.29, 0.717) is 24.7 Å². The van der Waals surface area contributed by atoms with E-state index < -0.39 is 0 Å². The van der Waals surface area contributed by atoms with E-state index in [4.69, 9.17) is 4.74 Å². The maximum Gasteiger partial charge on any atom is 0.306 e. The smallest absolute Gasteiger partial charge is 0.306 e. The van der Waals surface area contributed by atoms with Gasteiger partial charge in [0.25, 0.3) is 0 Å². The van der Waals surface area contributed by atoms with Crippen LogP contribution in [-0.4, -0.2) is 18.3 Å². The Morgan fingerprint density at radius 1 is 1.42 bits per heavy atom. The molecule has 0 unspecified atom stereocenters. The van der Waals surface area contributed by atoms with E-state index in [1.165, 1.54) is 25.7 Å². The molecule has 70 valence electrons. The SMILES string of the molecule is O=C(CCS)OCC1CCCC1. The fourth-order valence-electron chi connectivity index (χ4n) is 1.55. The predicted molar refractivity (Wildman–Crippen MR) is 51.4 cm³/mol. The fourth-order valence-corrected chi connectivity index (χ4v) is 1.73. The molecule has 0 heterocycles. The molecular formula is C9H16O2S. The van der Waals surface area contributed by atoms with Gasteiger partial charge >= 0.3 is 5.97 Å². The van der Waals surface area contributed by atoms with Crippen molar-refractivity contribution in [3.63, 3.8) is 0 Å². The molecule has 3 heteroatoms. The Morgan fingerprint density at radius 2 is 2.08 bits per heavy atom. The van der Waals surface area contributed by atoms with E-state index in [0.717, 1.165) is 0 Å². The summed E-state index contributed by atoms with van der Waals surface area (Å²) in [7, 11) is 0. The summed E-state index contributed by atoms with van der Waals surface area (Å²) >= 11 is 3.96. The van der Waals surface area contributed by atoms with Crippen LogP contribution < -0.4 is 0 Å². The van der Waals surface area contributed by atoms with Crippen LogP contribution in [0, 0.1) is 5.92 Å². The summed E-state index contributed by atoms with van der Waals surface area (Å²) in [6.45, 7) is 0.632. The van der Waals surface area contributed by atoms with Crippen molar-refractivity contribution in [2.45, 2.75) is 32.1 Å². The van der Waals surface area contributed by atoms with Crippen LogP contribution in [0.5, 0.6) is 0 Å². The summed E-state index contributed by atoms with van der Waals surface area (Å²) in [5.41, 5.74) is 0. The van der Waals surface area contributed by atoms with E-state index >= 15 is 0 Å². The van der Waals surface area contributed by atoms with Gasteiger partial charge in [-0.05, 0) is 18.8 Å². The van der Waals surface area contributed by atoms with Gasteiger partial charge in [-0.15, -0.1) is 0 Å². The molecule has 0 bridgehead atoms. The van der Waals surface area contributed by atoms with Gasteiger partial charge in [-0.3, -0.25) is 4.79 Å². The predicted octanol–water partition coefficient (Wildman–Crippen LogP) is 2.04. The van der Waals surface area contributed by atoms with Crippen LogP contribution in [0.2, 0.25) is 0 Å². The molecule has 1 fully saturated rings. The summed E-state index contributed by atoms with van der Waals surface area (Å²) < 4.78 is 5.08. The molecule has 0 radical (unpaired) electrons. The molecule has 0 saturated heterocycles. The number of esters is 1. The molecule has 0 amide bonds. The number of rotatable bonds is 4. The number of ether oxygens (including phenoxy) is 1. The Hall–Kier alpha value is -0.180. The minimum absolute atomic E-state index is 0.100. The minimum Gasteiger partial charge on any atom is -0.465 e. The first kappa shape index (κ1) is 9.90. The van der Waals surface area contributed by atoms with Crippen molar-refractivity contribution in [1.29, 1.82) is 0 Å². The number of carbonyl (C=O) groups excluding carboxylic acids is 1. The molecule has 0 aromatic carbocycles. The number of carbonyl (C=O) groups is 1. The Labute approximate surface area is 79.1 Å². The summed E-state index contributed by atoms with van der Waals surface area (Å²) in [5, 5.41) is 0. The van der Waals surface area contributed by atoms with Crippen LogP contribution in [0.25, 0.3) is 0 Å². The van der Waals surface area contributed by atoms with Crippen molar-refractivity contribution in [1.82, 2.24) is 0 Å². The van der Waals surface area contributed by atoms with Crippen molar-refractivity contribution in [3.05, 3.63) is 0 Å². The topological polar surface area (TPSA) is 26.3 Å². The lowest BCUT2D eigenvalue weighted by atomic mass is 10.1. The monoisotopic (exact) mass is 188 g/mol. The largest absolute Gasteiger partial charge is 0.465 e. The first-order valence-corrected chi connectivity index (χ1v) is 5.22. The van der Waals surface area contributed by atoms with Gasteiger partial charge in [-0.25, -0.2) is 0 Å². The van der Waals surface area contributed by atoms with E-state index in [1.807, 2.05) is 0 Å². The number of hydrogen-bond acceptors (Lipinski definition) is 3. The van der Waals surface area contributed by atoms with Crippen LogP contribution in [0.15, 0.2) is 0 Å². The van der Waals surface area contributed by atoms with Crippen LogP contribution in [0.4, 0.5) is 0 Å². The quantitative estimate of drug-likeness (QED) is 0.540. The van der Waals surface area contributed by atoms with Gasteiger partial charge in [-0.2, -0.15) is 12.6 Å². The molecule has 0 aromatic heterocycles. The molecule has 1 aliphatic carbocycles. The van der Waals surface area contributed by atoms with Gasteiger partial charge < -0.3 is 4.74 Å². The third-order valence-electron chi connectivity index (χ3n) is 2.27. The Kier molecular flexibility index (Phi) is 4.51. The molecule has 1 saturated carbocycles. The summed E-state index contributed by atoms with van der Waals surface area (Å²) in [4.78, 5) is 10.9. The van der Waals surface area contributed by atoms with Crippen LogP contribution in [0.1, 0.15) is 32.1 Å². The normalized spacial score (nSPS) is 18.1. The van der Waals surface area contributed by atoms with E-state index in [1.54, 1.807) is 0 Å². The zero-order chi connectivity index (χ0) is 8.81. The maximum absolute atomic E-state index is 10.9. The molecule has 12 heavy (non-hydrogen) atoms. The van der Waals surface area contributed by atoms with Crippen LogP contribution >= 0.6 is 12.6 Å². The summed E-state index contributed by atoms with van der Waals surface area (Å²) in [6, 6.07) is 0. The Morgan fingerprint density at radius 3 is 2.67 bits per heavy atom. The standard InChI is InChI=1S/C9H16O2S/c10-9(5-6-12)11-7-8-3-1-2-4-8/h8,12H,1-7H2. The highest BCUT2D eigenvalue weighted by Gasteiger charge is 2.16. The van der Waals surface area contributed by atoms with Gasteiger partial charge in [0.15, 0.2) is 0 Å². The molecule has 0 atom stereocenters. The average Bonchev–Trinajstić information content (AvgIpc) is 2.53. The first-order valence-electron chi connectivity index (χ1n) is 4.59. The summed E-state index contributed by atoms with van der Waals surface area (Å²) in [6.07, 6.45) is 5.50. The Bertz CT molecular complexity index is 141. The number of hydrogen-bond donors (Lipinski definition) is 1. The highest BCUT2D eigenvalue weighted by Crippen LogP contribution is 2.24. The minimum atomic E-state index is -0.100. The molecular weight excluding hydrogens is 172 g/mol. The Balaban J connectivity index is 2.03. The number of thiol groups is 1. The van der Waals surface area contributed by atoms with Crippen molar-refractivity contribution >= 4 is 18.6 Å². The second-order valence-electron chi connectivity index (χ2n) is 3.31. The van der Waals surface area contributed by atoms with Crippen molar-refractivity contribution in [2.75, 3.05) is 12.4 Å².